The van der Waals surface area contributed by atoms with E-state index in [9.17, 15) is 15.0 Å². The van der Waals surface area contributed by atoms with Crippen LogP contribution in [0.4, 0.5) is 5.69 Å². The van der Waals surface area contributed by atoms with Gasteiger partial charge >= 0.3 is 41.3 Å². The molecule has 0 amide bonds. The van der Waals surface area contributed by atoms with Crippen LogP contribution in [0.15, 0.2) is 54.6 Å². The van der Waals surface area contributed by atoms with Gasteiger partial charge in [0.15, 0.2) is 5.60 Å². The molecule has 6 nitrogen and oxygen atoms in total. The molecule has 0 fully saturated rings. The third kappa shape index (κ3) is 3.12. The van der Waals surface area contributed by atoms with Gasteiger partial charge in [0.25, 0.3) is 0 Å². The van der Waals surface area contributed by atoms with Gasteiger partial charge in [-0.3, -0.25) is 0 Å². The van der Waals surface area contributed by atoms with Crippen molar-refractivity contribution in [2.75, 3.05) is 5.73 Å². The molecule has 3 aromatic rings. The summed E-state index contributed by atoms with van der Waals surface area (Å²) in [6.45, 7) is 0. The summed E-state index contributed by atoms with van der Waals surface area (Å²) in [5.74, 6) is 0.238. The van der Waals surface area contributed by atoms with E-state index in [0.717, 1.165) is 0 Å². The molecule has 0 saturated carbocycles. The van der Waals surface area contributed by atoms with Gasteiger partial charge in [0, 0.05) is 34.5 Å². The van der Waals surface area contributed by atoms with E-state index in [2.05, 4.69) is 0 Å². The number of nitrogens with two attached hydrogens (primary N) is 1. The summed E-state index contributed by atoms with van der Waals surface area (Å²) >= 11 is -0.472. The second-order valence-corrected chi connectivity index (χ2v) is 9.67. The molecule has 0 radical (unpaired) electrons. The van der Waals surface area contributed by atoms with Crippen LogP contribution >= 0.6 is 18.8 Å². The number of anilines is 1. The van der Waals surface area contributed by atoms with E-state index >= 15 is 0 Å². The van der Waals surface area contributed by atoms with Gasteiger partial charge in [0.2, 0.25) is 0 Å². The zero-order valence-electron chi connectivity index (χ0n) is 14.5. The number of ether oxygens (including phenoxy) is 2. The Morgan fingerprint density at radius 2 is 1.38 bits per heavy atom. The molecule has 2 aliphatic rings. The minimum absolute atomic E-state index is 0.0179. The molecule has 3 aromatic carbocycles. The number of fused-ring (bicyclic) bond motifs is 6. The van der Waals surface area contributed by atoms with Crippen molar-refractivity contribution in [1.29, 1.82) is 0 Å². The summed E-state index contributed by atoms with van der Waals surface area (Å²) < 4.78 is 11.8. The molecular formula is C20H13Cl2NO5Pt. The first kappa shape index (κ1) is 19.9. The molecule has 0 atom stereocenters. The Hall–Kier alpha value is -2.40. The molecule has 0 aromatic heterocycles. The quantitative estimate of drug-likeness (QED) is 0.253. The Bertz CT molecular complexity index is 1090. The van der Waals surface area contributed by atoms with Crippen LogP contribution in [-0.4, -0.2) is 16.2 Å². The number of nitrogen functional groups attached to an aromatic ring is 1. The molecule has 0 aliphatic carbocycles. The van der Waals surface area contributed by atoms with Crippen molar-refractivity contribution in [2.45, 2.75) is 5.60 Å². The number of phenols is 2. The molecule has 152 valence electrons. The van der Waals surface area contributed by atoms with Crippen LogP contribution in [0.1, 0.15) is 27.0 Å². The monoisotopic (exact) mass is 612 g/mol. The molecular weight excluding hydrogens is 600 g/mol. The summed E-state index contributed by atoms with van der Waals surface area (Å²) in [5.41, 5.74) is 7.26. The van der Waals surface area contributed by atoms with Crippen LogP contribution in [0.2, 0.25) is 0 Å². The number of esters is 1. The van der Waals surface area contributed by atoms with Crippen LogP contribution < -0.4 is 10.5 Å². The fourth-order valence-electron chi connectivity index (χ4n) is 3.72. The van der Waals surface area contributed by atoms with Crippen LogP contribution in [0.3, 0.4) is 0 Å². The van der Waals surface area contributed by atoms with Crippen molar-refractivity contribution < 1.29 is 41.0 Å². The Morgan fingerprint density at radius 1 is 0.862 bits per heavy atom. The molecule has 0 unspecified atom stereocenters. The Balaban J connectivity index is 0.000000645. The van der Waals surface area contributed by atoms with E-state index in [1.807, 2.05) is 0 Å². The first-order valence-electron chi connectivity index (χ1n) is 8.21. The van der Waals surface area contributed by atoms with E-state index in [0.29, 0.717) is 39.4 Å². The summed E-state index contributed by atoms with van der Waals surface area (Å²) in [6.07, 6.45) is 0. The van der Waals surface area contributed by atoms with E-state index in [1.54, 1.807) is 30.3 Å². The maximum atomic E-state index is 12.6. The number of rotatable bonds is 0. The fourth-order valence-corrected chi connectivity index (χ4v) is 3.72. The van der Waals surface area contributed by atoms with Gasteiger partial charge in [-0.2, -0.15) is 0 Å². The van der Waals surface area contributed by atoms with Gasteiger partial charge in [-0.05, 0) is 36.4 Å². The normalized spacial score (nSPS) is 14.8. The average molecular weight is 613 g/mol. The van der Waals surface area contributed by atoms with Crippen molar-refractivity contribution in [2.24, 2.45) is 0 Å². The van der Waals surface area contributed by atoms with E-state index in [4.69, 9.17) is 34.0 Å². The zero-order valence-corrected chi connectivity index (χ0v) is 18.2. The average Bonchev–Trinajstić information content (AvgIpc) is 2.94. The molecule has 4 N–H and O–H groups in total. The van der Waals surface area contributed by atoms with Gasteiger partial charge in [-0.25, -0.2) is 4.79 Å². The Labute approximate surface area is 182 Å². The second-order valence-electron chi connectivity index (χ2n) is 6.38. The van der Waals surface area contributed by atoms with Crippen molar-refractivity contribution in [3.8, 4) is 23.0 Å². The molecule has 9 heteroatoms. The molecule has 5 rings (SSSR count). The van der Waals surface area contributed by atoms with Gasteiger partial charge in [-0.1, -0.05) is 6.07 Å². The Morgan fingerprint density at radius 3 is 1.93 bits per heavy atom. The number of carbonyl (C=O) groups excluding carboxylic acids is 1. The number of hydrogen-bond donors (Lipinski definition) is 3. The first-order chi connectivity index (χ1) is 13.9. The number of carbonyl (C=O) groups is 1. The van der Waals surface area contributed by atoms with E-state index in [-0.39, 0.29) is 11.5 Å². The maximum absolute atomic E-state index is 12.6. The number of phenolic OH excluding ortho intramolecular Hbond substituents is 2. The van der Waals surface area contributed by atoms with Crippen molar-refractivity contribution in [3.63, 3.8) is 0 Å². The van der Waals surface area contributed by atoms with Crippen LogP contribution in [0.5, 0.6) is 23.0 Å². The third-order valence-electron chi connectivity index (χ3n) is 4.80. The predicted octanol–water partition coefficient (Wildman–Crippen LogP) is 4.62. The fraction of sp³-hybridized carbons (Fsp3) is 0.0500. The second kappa shape index (κ2) is 7.45. The number of aromatic hydroxyl groups is 2. The number of halogens is 2. The minimum atomic E-state index is -1.23. The van der Waals surface area contributed by atoms with E-state index < -0.39 is 28.1 Å². The van der Waals surface area contributed by atoms with Crippen molar-refractivity contribution in [3.05, 3.63) is 76.9 Å². The molecule has 0 saturated heterocycles. The first-order valence-corrected chi connectivity index (χ1v) is 13.8. The topological polar surface area (TPSA) is 102 Å². The SMILES string of the molecule is Nc1ccc2c(c1)C(=O)OC21c2ccc(O)cc2Oc2cc(O)ccc21.[Cl][Pt][Cl]. The summed E-state index contributed by atoms with van der Waals surface area (Å²) in [5, 5.41) is 19.7. The summed E-state index contributed by atoms with van der Waals surface area (Å²) in [7, 11) is 9.75. The molecule has 0 bridgehead atoms. The third-order valence-corrected chi connectivity index (χ3v) is 4.80. The summed E-state index contributed by atoms with van der Waals surface area (Å²) in [6, 6.07) is 14.3. The van der Waals surface area contributed by atoms with Crippen LogP contribution in [0, 0.1) is 0 Å². The van der Waals surface area contributed by atoms with Gasteiger partial charge < -0.3 is 25.4 Å². The summed E-state index contributed by atoms with van der Waals surface area (Å²) in [4.78, 5) is 12.6. The van der Waals surface area contributed by atoms with Gasteiger partial charge in [0.1, 0.15) is 23.0 Å². The Kier molecular flexibility index (Phi) is 5.11. The molecule has 2 heterocycles. The van der Waals surface area contributed by atoms with Crippen LogP contribution in [0.25, 0.3) is 0 Å². The molecule has 1 spiro atoms. The van der Waals surface area contributed by atoms with Crippen LogP contribution in [-0.2, 0) is 26.8 Å². The van der Waals surface area contributed by atoms with E-state index in [1.165, 1.54) is 24.3 Å². The number of hydrogen-bond acceptors (Lipinski definition) is 6. The molecule has 2 aliphatic heterocycles. The van der Waals surface area contributed by atoms with Crippen molar-refractivity contribution in [1.82, 2.24) is 0 Å². The van der Waals surface area contributed by atoms with Gasteiger partial charge in [-0.15, -0.1) is 0 Å². The molecule has 29 heavy (non-hydrogen) atoms. The van der Waals surface area contributed by atoms with Crippen molar-refractivity contribution >= 4 is 30.5 Å². The van der Waals surface area contributed by atoms with Gasteiger partial charge in [0.05, 0.1) is 5.56 Å². The predicted molar refractivity (Wildman–Crippen MR) is 104 cm³/mol. The standard InChI is InChI=1S/C20H13NO5.2ClH.Pt/c21-10-1-4-14-13(7-10)19(24)26-20(14)15-5-2-11(22)8-17(15)25-18-9-12(23)3-6-16(18)20;;;/h1-9,22-23H,21H2;2*1H;/q;;;+2/p-2. The zero-order chi connectivity index (χ0) is 20.8. The number of benzene rings is 3.